The molecule has 1 N–H and O–H groups in total. The molecule has 0 radical (unpaired) electrons. The van der Waals surface area contributed by atoms with Crippen molar-refractivity contribution in [2.24, 2.45) is 7.05 Å². The van der Waals surface area contributed by atoms with E-state index in [4.69, 9.17) is 0 Å². The van der Waals surface area contributed by atoms with E-state index in [1.807, 2.05) is 29.3 Å². The van der Waals surface area contributed by atoms with Crippen molar-refractivity contribution in [3.63, 3.8) is 0 Å². The summed E-state index contributed by atoms with van der Waals surface area (Å²) in [5.41, 5.74) is 2.74. The summed E-state index contributed by atoms with van der Waals surface area (Å²) >= 11 is 1.84. The SMILES string of the molecule is CCNC(CCc1cnn(C)c1)c1csc2ccccc12. The molecule has 3 rings (SSSR count). The molecule has 0 saturated heterocycles. The number of thiophene rings is 1. The molecule has 1 unspecified atom stereocenters. The Balaban J connectivity index is 1.80. The molecule has 1 aromatic carbocycles. The lowest BCUT2D eigenvalue weighted by molar-refractivity contribution is 0.519. The van der Waals surface area contributed by atoms with Crippen LogP contribution in [-0.2, 0) is 13.5 Å². The Morgan fingerprint density at radius 2 is 2.19 bits per heavy atom. The maximum atomic E-state index is 4.25. The van der Waals surface area contributed by atoms with E-state index in [1.54, 1.807) is 0 Å². The number of benzene rings is 1. The van der Waals surface area contributed by atoms with Gasteiger partial charge in [-0.3, -0.25) is 4.68 Å². The van der Waals surface area contributed by atoms with E-state index >= 15 is 0 Å². The van der Waals surface area contributed by atoms with E-state index in [0.29, 0.717) is 6.04 Å². The number of nitrogens with zero attached hydrogens (tertiary/aromatic N) is 2. The van der Waals surface area contributed by atoms with Gasteiger partial charge in [0.15, 0.2) is 0 Å². The van der Waals surface area contributed by atoms with Crippen LogP contribution in [0.4, 0.5) is 0 Å². The summed E-state index contributed by atoms with van der Waals surface area (Å²) in [5.74, 6) is 0. The Hall–Kier alpha value is -1.65. The molecular weight excluding hydrogens is 278 g/mol. The van der Waals surface area contributed by atoms with Gasteiger partial charge < -0.3 is 5.32 Å². The number of aromatic nitrogens is 2. The molecule has 4 heteroatoms. The number of hydrogen-bond acceptors (Lipinski definition) is 3. The summed E-state index contributed by atoms with van der Waals surface area (Å²) in [6.07, 6.45) is 6.22. The number of hydrogen-bond donors (Lipinski definition) is 1. The monoisotopic (exact) mass is 299 g/mol. The molecule has 0 fully saturated rings. The normalized spacial score (nSPS) is 12.9. The van der Waals surface area contributed by atoms with Crippen LogP contribution in [0, 0.1) is 0 Å². The molecule has 21 heavy (non-hydrogen) atoms. The van der Waals surface area contributed by atoms with Crippen LogP contribution in [0.15, 0.2) is 42.0 Å². The Labute approximate surface area is 129 Å². The molecule has 2 heterocycles. The summed E-state index contributed by atoms with van der Waals surface area (Å²) in [6, 6.07) is 9.08. The summed E-state index contributed by atoms with van der Waals surface area (Å²) in [4.78, 5) is 0. The number of fused-ring (bicyclic) bond motifs is 1. The van der Waals surface area contributed by atoms with Gasteiger partial charge in [-0.15, -0.1) is 11.3 Å². The first-order chi connectivity index (χ1) is 10.3. The number of aryl methyl sites for hydroxylation is 2. The molecule has 0 bridgehead atoms. The van der Waals surface area contributed by atoms with E-state index in [-0.39, 0.29) is 0 Å². The summed E-state index contributed by atoms with van der Waals surface area (Å²) in [7, 11) is 1.97. The Kier molecular flexibility index (Phi) is 4.36. The van der Waals surface area contributed by atoms with Crippen molar-refractivity contribution in [2.75, 3.05) is 6.54 Å². The molecule has 0 amide bonds. The Morgan fingerprint density at radius 3 is 2.95 bits per heavy atom. The molecule has 0 saturated carbocycles. The first-order valence-corrected chi connectivity index (χ1v) is 8.33. The molecule has 1 atom stereocenters. The van der Waals surface area contributed by atoms with Gasteiger partial charge >= 0.3 is 0 Å². The highest BCUT2D eigenvalue weighted by Gasteiger charge is 2.15. The Morgan fingerprint density at radius 1 is 1.33 bits per heavy atom. The molecule has 0 aliphatic heterocycles. The highest BCUT2D eigenvalue weighted by Crippen LogP contribution is 2.32. The third-order valence-electron chi connectivity index (χ3n) is 3.82. The Bertz CT molecular complexity index is 713. The van der Waals surface area contributed by atoms with Gasteiger partial charge in [0.2, 0.25) is 0 Å². The van der Waals surface area contributed by atoms with Crippen LogP contribution in [0.25, 0.3) is 10.1 Å². The minimum Gasteiger partial charge on any atom is -0.310 e. The van der Waals surface area contributed by atoms with Crippen LogP contribution in [0.1, 0.15) is 30.5 Å². The zero-order valence-corrected chi connectivity index (χ0v) is 13.4. The lowest BCUT2D eigenvalue weighted by atomic mass is 9.99. The second-order valence-electron chi connectivity index (χ2n) is 5.36. The van der Waals surface area contributed by atoms with Crippen LogP contribution in [0.5, 0.6) is 0 Å². The summed E-state index contributed by atoms with van der Waals surface area (Å²) in [6.45, 7) is 3.16. The lowest BCUT2D eigenvalue weighted by Gasteiger charge is -2.17. The molecule has 0 aliphatic rings. The van der Waals surface area contributed by atoms with Crippen molar-refractivity contribution in [1.29, 1.82) is 0 Å². The molecule has 110 valence electrons. The third kappa shape index (κ3) is 3.17. The van der Waals surface area contributed by atoms with Gasteiger partial charge in [0.25, 0.3) is 0 Å². The van der Waals surface area contributed by atoms with Crippen LogP contribution in [-0.4, -0.2) is 16.3 Å². The minimum atomic E-state index is 0.409. The summed E-state index contributed by atoms with van der Waals surface area (Å²) < 4.78 is 3.24. The van der Waals surface area contributed by atoms with E-state index in [9.17, 15) is 0 Å². The van der Waals surface area contributed by atoms with Gasteiger partial charge in [0, 0.05) is 24.0 Å². The highest BCUT2D eigenvalue weighted by atomic mass is 32.1. The van der Waals surface area contributed by atoms with E-state index in [0.717, 1.165) is 19.4 Å². The predicted molar refractivity (Wildman–Crippen MR) is 89.8 cm³/mol. The molecule has 0 spiro atoms. The van der Waals surface area contributed by atoms with Gasteiger partial charge in [0.05, 0.1) is 6.20 Å². The summed E-state index contributed by atoms with van der Waals surface area (Å²) in [5, 5.41) is 11.6. The van der Waals surface area contributed by atoms with Crippen molar-refractivity contribution in [1.82, 2.24) is 15.1 Å². The van der Waals surface area contributed by atoms with Gasteiger partial charge in [-0.1, -0.05) is 25.1 Å². The second-order valence-corrected chi connectivity index (χ2v) is 6.27. The van der Waals surface area contributed by atoms with Crippen LogP contribution < -0.4 is 5.32 Å². The highest BCUT2D eigenvalue weighted by molar-refractivity contribution is 7.17. The van der Waals surface area contributed by atoms with E-state index < -0.39 is 0 Å². The minimum absolute atomic E-state index is 0.409. The van der Waals surface area contributed by atoms with Gasteiger partial charge in [-0.2, -0.15) is 5.10 Å². The zero-order valence-electron chi connectivity index (χ0n) is 12.5. The zero-order chi connectivity index (χ0) is 14.7. The topological polar surface area (TPSA) is 29.9 Å². The number of nitrogens with one attached hydrogen (secondary N) is 1. The average Bonchev–Trinajstić information content (AvgIpc) is 3.10. The van der Waals surface area contributed by atoms with Crippen LogP contribution in [0.2, 0.25) is 0 Å². The fourth-order valence-electron chi connectivity index (χ4n) is 2.79. The van der Waals surface area contributed by atoms with Gasteiger partial charge in [-0.05, 0) is 47.3 Å². The van der Waals surface area contributed by atoms with E-state index in [1.165, 1.54) is 21.2 Å². The fraction of sp³-hybridized carbons (Fsp3) is 0.353. The van der Waals surface area contributed by atoms with Crippen LogP contribution in [0.3, 0.4) is 0 Å². The smallest absolute Gasteiger partial charge is 0.0521 e. The maximum absolute atomic E-state index is 4.25. The molecule has 3 aromatic rings. The molecular formula is C17H21N3S. The fourth-order valence-corrected chi connectivity index (χ4v) is 3.81. The van der Waals surface area contributed by atoms with Crippen molar-refractivity contribution in [3.05, 3.63) is 53.2 Å². The van der Waals surface area contributed by atoms with Crippen LogP contribution >= 0.6 is 11.3 Å². The lowest BCUT2D eigenvalue weighted by Crippen LogP contribution is -2.21. The van der Waals surface area contributed by atoms with Crippen molar-refractivity contribution >= 4 is 21.4 Å². The standard InChI is InChI=1S/C17H21N3S/c1-3-18-16(9-8-13-10-19-20(2)11-13)15-12-21-17-7-5-4-6-14(15)17/h4-7,10-12,16,18H,3,8-9H2,1-2H3. The van der Waals surface area contributed by atoms with Crippen molar-refractivity contribution in [3.8, 4) is 0 Å². The largest absolute Gasteiger partial charge is 0.310 e. The number of rotatable bonds is 6. The maximum Gasteiger partial charge on any atom is 0.0521 e. The van der Waals surface area contributed by atoms with Gasteiger partial charge in [0.1, 0.15) is 0 Å². The predicted octanol–water partition coefficient (Wildman–Crippen LogP) is 3.92. The molecule has 0 aliphatic carbocycles. The van der Waals surface area contributed by atoms with Gasteiger partial charge in [-0.25, -0.2) is 0 Å². The van der Waals surface area contributed by atoms with Crippen molar-refractivity contribution in [2.45, 2.75) is 25.8 Å². The average molecular weight is 299 g/mol. The third-order valence-corrected chi connectivity index (χ3v) is 4.80. The van der Waals surface area contributed by atoms with Crippen molar-refractivity contribution < 1.29 is 0 Å². The second kappa shape index (κ2) is 6.41. The van der Waals surface area contributed by atoms with E-state index in [2.05, 4.69) is 53.2 Å². The molecule has 2 aromatic heterocycles. The first kappa shape index (κ1) is 14.3. The quantitative estimate of drug-likeness (QED) is 0.747. The first-order valence-electron chi connectivity index (χ1n) is 7.45. The molecule has 3 nitrogen and oxygen atoms in total.